The second-order valence-corrected chi connectivity index (χ2v) is 12.4. The number of benzene rings is 3. The first-order chi connectivity index (χ1) is 18.9. The fourth-order valence-corrected chi connectivity index (χ4v) is 6.02. The molecule has 10 heteroatoms. The van der Waals surface area contributed by atoms with Crippen LogP contribution in [0.5, 0.6) is 0 Å². The van der Waals surface area contributed by atoms with Crippen molar-refractivity contribution in [3.8, 4) is 0 Å². The van der Waals surface area contributed by atoms with Gasteiger partial charge in [-0.05, 0) is 74.7 Å². The van der Waals surface area contributed by atoms with E-state index in [1.54, 1.807) is 68.4 Å². The summed E-state index contributed by atoms with van der Waals surface area (Å²) in [6.07, 6.45) is 1.71. The lowest BCUT2D eigenvalue weighted by atomic mass is 10.1. The minimum absolute atomic E-state index is 0.0389. The van der Waals surface area contributed by atoms with Gasteiger partial charge in [-0.3, -0.25) is 13.9 Å². The number of amides is 2. The predicted octanol–water partition coefficient (Wildman–Crippen LogP) is 6.14. The van der Waals surface area contributed by atoms with E-state index in [-0.39, 0.29) is 23.0 Å². The van der Waals surface area contributed by atoms with Crippen LogP contribution in [0, 0.1) is 13.8 Å². The Kier molecular flexibility index (Phi) is 11.0. The van der Waals surface area contributed by atoms with Gasteiger partial charge in [0.25, 0.3) is 10.0 Å². The molecule has 3 aromatic carbocycles. The number of hydrogen-bond acceptors (Lipinski definition) is 4. The van der Waals surface area contributed by atoms with E-state index < -0.39 is 28.5 Å². The van der Waals surface area contributed by atoms with Crippen molar-refractivity contribution < 1.29 is 18.0 Å². The number of sulfonamides is 1. The third-order valence-corrected chi connectivity index (χ3v) is 9.05. The fourth-order valence-electron chi connectivity index (χ4n) is 4.17. The summed E-state index contributed by atoms with van der Waals surface area (Å²) in [6, 6.07) is 17.5. The molecule has 1 N–H and O–H groups in total. The van der Waals surface area contributed by atoms with E-state index in [4.69, 9.17) is 23.2 Å². The molecule has 0 heterocycles. The van der Waals surface area contributed by atoms with E-state index in [9.17, 15) is 18.0 Å². The molecule has 3 aromatic rings. The zero-order chi connectivity index (χ0) is 29.4. The van der Waals surface area contributed by atoms with Crippen molar-refractivity contribution in [1.29, 1.82) is 0 Å². The zero-order valence-electron chi connectivity index (χ0n) is 23.2. The molecule has 40 heavy (non-hydrogen) atoms. The Morgan fingerprint density at radius 3 is 2.30 bits per heavy atom. The van der Waals surface area contributed by atoms with Crippen molar-refractivity contribution in [3.63, 3.8) is 0 Å². The third kappa shape index (κ3) is 7.77. The van der Waals surface area contributed by atoms with E-state index >= 15 is 0 Å². The van der Waals surface area contributed by atoms with Gasteiger partial charge in [-0.15, -0.1) is 0 Å². The molecule has 7 nitrogen and oxygen atoms in total. The molecule has 0 saturated carbocycles. The Labute approximate surface area is 247 Å². The van der Waals surface area contributed by atoms with E-state index in [0.29, 0.717) is 27.7 Å². The number of carbonyl (C=O) groups is 2. The molecule has 214 valence electrons. The van der Waals surface area contributed by atoms with Crippen molar-refractivity contribution in [1.82, 2.24) is 10.2 Å². The average molecular weight is 605 g/mol. The lowest BCUT2D eigenvalue weighted by Gasteiger charge is -2.32. The molecule has 0 radical (unpaired) electrons. The van der Waals surface area contributed by atoms with Crippen LogP contribution in [0.3, 0.4) is 0 Å². The number of nitrogens with one attached hydrogen (secondary N) is 1. The maximum absolute atomic E-state index is 14.0. The van der Waals surface area contributed by atoms with Gasteiger partial charge in [-0.1, -0.05) is 72.4 Å². The highest BCUT2D eigenvalue weighted by molar-refractivity contribution is 7.92. The van der Waals surface area contributed by atoms with E-state index in [2.05, 4.69) is 5.32 Å². The summed E-state index contributed by atoms with van der Waals surface area (Å²) in [7, 11) is -4.18. The van der Waals surface area contributed by atoms with Gasteiger partial charge in [-0.25, -0.2) is 8.42 Å². The van der Waals surface area contributed by atoms with Crippen LogP contribution in [0.1, 0.15) is 43.4 Å². The second-order valence-electron chi connectivity index (χ2n) is 9.68. The van der Waals surface area contributed by atoms with Crippen LogP contribution in [0.2, 0.25) is 10.0 Å². The van der Waals surface area contributed by atoms with Crippen LogP contribution in [0.25, 0.3) is 0 Å². The molecule has 0 spiro atoms. The first-order valence-corrected chi connectivity index (χ1v) is 15.3. The standard InChI is InChI=1S/C30H35Cl2N3O4S/c1-5-6-17-33-30(37)23(4)34(19-24-9-7-10-25(31)18-24)29(36)20-35(28-12-8-11-27(32)22(28)3)40(38,39)26-15-13-21(2)14-16-26/h7-16,18,23H,5-6,17,19-20H2,1-4H3,(H,33,37). The largest absolute Gasteiger partial charge is 0.354 e. The highest BCUT2D eigenvalue weighted by atomic mass is 35.5. The Bertz CT molecular complexity index is 1450. The highest BCUT2D eigenvalue weighted by Gasteiger charge is 2.33. The minimum Gasteiger partial charge on any atom is -0.354 e. The summed E-state index contributed by atoms with van der Waals surface area (Å²) < 4.78 is 29.0. The highest BCUT2D eigenvalue weighted by Crippen LogP contribution is 2.31. The lowest BCUT2D eigenvalue weighted by molar-refractivity contribution is -0.139. The van der Waals surface area contributed by atoms with Crippen LogP contribution in [0.15, 0.2) is 71.6 Å². The minimum atomic E-state index is -4.18. The Hall–Kier alpha value is -3.07. The quantitative estimate of drug-likeness (QED) is 0.252. The van der Waals surface area contributed by atoms with Gasteiger partial charge in [0.05, 0.1) is 10.6 Å². The van der Waals surface area contributed by atoms with Gasteiger partial charge in [0, 0.05) is 23.1 Å². The molecule has 0 aliphatic carbocycles. The lowest BCUT2D eigenvalue weighted by Crippen LogP contribution is -2.51. The molecule has 0 aromatic heterocycles. The summed E-state index contributed by atoms with van der Waals surface area (Å²) in [4.78, 5) is 28.5. The van der Waals surface area contributed by atoms with E-state index in [1.165, 1.54) is 17.0 Å². The average Bonchev–Trinajstić information content (AvgIpc) is 2.92. The number of nitrogens with zero attached hydrogens (tertiary/aromatic N) is 2. The van der Waals surface area contributed by atoms with Crippen molar-refractivity contribution >= 4 is 50.7 Å². The van der Waals surface area contributed by atoms with Crippen molar-refractivity contribution in [2.45, 2.75) is 58.0 Å². The first kappa shape index (κ1) is 31.5. The number of unbranched alkanes of at least 4 members (excludes halogenated alkanes) is 1. The van der Waals surface area contributed by atoms with Gasteiger partial charge < -0.3 is 10.2 Å². The van der Waals surface area contributed by atoms with Gasteiger partial charge in [0.2, 0.25) is 11.8 Å². The molecular weight excluding hydrogens is 569 g/mol. The number of carbonyl (C=O) groups excluding carboxylic acids is 2. The predicted molar refractivity (Wildman–Crippen MR) is 161 cm³/mol. The molecule has 1 atom stereocenters. The molecule has 0 fully saturated rings. The zero-order valence-corrected chi connectivity index (χ0v) is 25.5. The molecule has 0 bridgehead atoms. The number of halogens is 2. The normalized spacial score (nSPS) is 12.1. The first-order valence-electron chi connectivity index (χ1n) is 13.1. The van der Waals surface area contributed by atoms with Crippen molar-refractivity contribution in [2.75, 3.05) is 17.4 Å². The maximum atomic E-state index is 14.0. The summed E-state index contributed by atoms with van der Waals surface area (Å²) in [5.74, 6) is -0.871. The Balaban J connectivity index is 2.04. The Morgan fingerprint density at radius 2 is 1.65 bits per heavy atom. The van der Waals surface area contributed by atoms with E-state index in [1.807, 2.05) is 13.8 Å². The van der Waals surface area contributed by atoms with Gasteiger partial charge in [0.15, 0.2) is 0 Å². The molecule has 1 unspecified atom stereocenters. The second kappa shape index (κ2) is 14.0. The monoisotopic (exact) mass is 603 g/mol. The third-order valence-electron chi connectivity index (χ3n) is 6.63. The number of hydrogen-bond donors (Lipinski definition) is 1. The van der Waals surface area contributed by atoms with Gasteiger partial charge >= 0.3 is 0 Å². The molecule has 2 amide bonds. The van der Waals surface area contributed by atoms with Crippen LogP contribution in [-0.2, 0) is 26.2 Å². The molecule has 3 rings (SSSR count). The molecule has 0 saturated heterocycles. The molecule has 0 aliphatic rings. The van der Waals surface area contributed by atoms with Crippen LogP contribution < -0.4 is 9.62 Å². The summed E-state index contributed by atoms with van der Waals surface area (Å²) in [6.45, 7) is 7.22. The van der Waals surface area contributed by atoms with Crippen LogP contribution in [-0.4, -0.2) is 44.3 Å². The smallest absolute Gasteiger partial charge is 0.264 e. The van der Waals surface area contributed by atoms with Crippen LogP contribution >= 0.6 is 23.2 Å². The van der Waals surface area contributed by atoms with Gasteiger partial charge in [0.1, 0.15) is 12.6 Å². The number of anilines is 1. The fraction of sp³-hybridized carbons (Fsp3) is 0.333. The van der Waals surface area contributed by atoms with Crippen molar-refractivity contribution in [3.05, 3.63) is 93.5 Å². The van der Waals surface area contributed by atoms with Gasteiger partial charge in [-0.2, -0.15) is 0 Å². The van der Waals surface area contributed by atoms with E-state index in [0.717, 1.165) is 22.7 Å². The summed E-state index contributed by atoms with van der Waals surface area (Å²) >= 11 is 12.6. The maximum Gasteiger partial charge on any atom is 0.264 e. The van der Waals surface area contributed by atoms with Crippen molar-refractivity contribution in [2.24, 2.45) is 0 Å². The Morgan fingerprint density at radius 1 is 0.975 bits per heavy atom. The summed E-state index contributed by atoms with van der Waals surface area (Å²) in [5, 5.41) is 3.73. The van der Waals surface area contributed by atoms with Crippen LogP contribution in [0.4, 0.5) is 5.69 Å². The molecule has 0 aliphatic heterocycles. The number of aryl methyl sites for hydroxylation is 1. The number of rotatable bonds is 12. The summed E-state index contributed by atoms with van der Waals surface area (Å²) in [5.41, 5.74) is 2.40. The SMILES string of the molecule is CCCCNC(=O)C(C)N(Cc1cccc(Cl)c1)C(=O)CN(c1cccc(Cl)c1C)S(=O)(=O)c1ccc(C)cc1. The molecular formula is C30H35Cl2N3O4S. The topological polar surface area (TPSA) is 86.8 Å².